The molecular weight excluding hydrogens is 400 g/mol. The molecule has 32 heavy (non-hydrogen) atoms. The first kappa shape index (κ1) is 32.0. The molecule has 0 saturated carbocycles. The van der Waals surface area contributed by atoms with Gasteiger partial charge in [-0.25, -0.2) is 0 Å². The van der Waals surface area contributed by atoms with Crippen molar-refractivity contribution >= 4 is 8.80 Å². The summed E-state index contributed by atoms with van der Waals surface area (Å²) in [4.78, 5) is 0. The Morgan fingerprint density at radius 3 is 1.22 bits per heavy atom. The van der Waals surface area contributed by atoms with Gasteiger partial charge < -0.3 is 0 Å². The van der Waals surface area contributed by atoms with E-state index in [-0.39, 0.29) is 0 Å². The molecule has 0 rings (SSSR count). The van der Waals surface area contributed by atoms with Crippen molar-refractivity contribution in [3.63, 3.8) is 0 Å². The predicted octanol–water partition coefficient (Wildman–Crippen LogP) is 11.8. The van der Waals surface area contributed by atoms with Gasteiger partial charge in [-0.1, -0.05) is 180 Å². The standard InChI is InChI=1S/C31H64Si/c1-5-8-11-14-17-20-23-26-29-32(30-27-24-21-18-15-12-9-6-2)31(4)28-25-22-19-16-13-10-7-3/h25,28,31-32H,5-24,26-27,29-30H2,1-4H3. The summed E-state index contributed by atoms with van der Waals surface area (Å²) in [5.74, 6) is 0. The van der Waals surface area contributed by atoms with Crippen LogP contribution in [-0.4, -0.2) is 8.80 Å². The summed E-state index contributed by atoms with van der Waals surface area (Å²) in [5, 5.41) is 0. The lowest BCUT2D eigenvalue weighted by atomic mass is 10.1. The Morgan fingerprint density at radius 2 is 0.812 bits per heavy atom. The molecule has 1 heteroatoms. The lowest BCUT2D eigenvalue weighted by Crippen LogP contribution is -2.17. The molecule has 0 aromatic carbocycles. The van der Waals surface area contributed by atoms with Gasteiger partial charge in [-0.15, -0.1) is 0 Å². The quantitative estimate of drug-likeness (QED) is 0.0678. The van der Waals surface area contributed by atoms with E-state index in [1.807, 2.05) is 0 Å². The van der Waals surface area contributed by atoms with E-state index in [4.69, 9.17) is 0 Å². The third-order valence-corrected chi connectivity index (χ3v) is 11.5. The smallest absolute Gasteiger partial charge is 0.0437 e. The predicted molar refractivity (Wildman–Crippen MR) is 154 cm³/mol. The molecule has 0 spiro atoms. The van der Waals surface area contributed by atoms with Gasteiger partial charge in [0.05, 0.1) is 0 Å². The zero-order valence-electron chi connectivity index (χ0n) is 23.3. The number of hydrogen-bond donors (Lipinski definition) is 0. The molecule has 0 nitrogen and oxygen atoms in total. The Kier molecular flexibility index (Phi) is 27.2. The minimum Gasteiger partial charge on any atom is -0.0886 e. The largest absolute Gasteiger partial charge is 0.0886 e. The molecule has 0 bridgehead atoms. The molecule has 0 aliphatic rings. The van der Waals surface area contributed by atoms with Crippen molar-refractivity contribution in [2.45, 2.75) is 187 Å². The zero-order valence-corrected chi connectivity index (χ0v) is 24.4. The van der Waals surface area contributed by atoms with Crippen molar-refractivity contribution in [3.8, 4) is 0 Å². The van der Waals surface area contributed by atoms with Crippen LogP contribution in [0.4, 0.5) is 0 Å². The zero-order chi connectivity index (χ0) is 23.5. The normalized spacial score (nSPS) is 12.9. The second-order valence-corrected chi connectivity index (χ2v) is 14.5. The first-order chi connectivity index (χ1) is 15.8. The van der Waals surface area contributed by atoms with E-state index in [1.54, 1.807) is 12.1 Å². The van der Waals surface area contributed by atoms with Gasteiger partial charge in [-0.2, -0.15) is 0 Å². The van der Waals surface area contributed by atoms with Crippen LogP contribution in [0.2, 0.25) is 17.6 Å². The third-order valence-electron chi connectivity index (χ3n) is 7.51. The summed E-state index contributed by atoms with van der Waals surface area (Å²) in [7, 11) is -0.625. The summed E-state index contributed by atoms with van der Waals surface area (Å²) < 4.78 is 0. The monoisotopic (exact) mass is 464 g/mol. The van der Waals surface area contributed by atoms with E-state index >= 15 is 0 Å². The van der Waals surface area contributed by atoms with Gasteiger partial charge in [0.25, 0.3) is 0 Å². The van der Waals surface area contributed by atoms with Crippen LogP contribution in [0.15, 0.2) is 12.2 Å². The average Bonchev–Trinajstić information content (AvgIpc) is 2.80. The minimum absolute atomic E-state index is 0.625. The van der Waals surface area contributed by atoms with Crippen LogP contribution in [0, 0.1) is 0 Å². The summed E-state index contributed by atoms with van der Waals surface area (Å²) in [6.45, 7) is 9.52. The van der Waals surface area contributed by atoms with Gasteiger partial charge in [0.2, 0.25) is 0 Å². The van der Waals surface area contributed by atoms with Crippen molar-refractivity contribution < 1.29 is 0 Å². The molecule has 0 aliphatic carbocycles. The van der Waals surface area contributed by atoms with Crippen LogP contribution in [0.25, 0.3) is 0 Å². The van der Waals surface area contributed by atoms with Crippen LogP contribution in [-0.2, 0) is 0 Å². The highest BCUT2D eigenvalue weighted by Crippen LogP contribution is 2.25. The highest BCUT2D eigenvalue weighted by Gasteiger charge is 2.16. The number of hydrogen-bond acceptors (Lipinski definition) is 0. The fraction of sp³-hybridized carbons (Fsp3) is 0.935. The number of unbranched alkanes of at least 4 members (excludes halogenated alkanes) is 19. The third kappa shape index (κ3) is 23.1. The SMILES string of the molecule is CCCCCCCC=CC(C)[SiH](CCCCCCCCCC)CCCCCCCCCC. The second-order valence-electron chi connectivity index (χ2n) is 10.8. The Balaban J connectivity index is 4.13. The summed E-state index contributed by atoms with van der Waals surface area (Å²) in [6.07, 6.45) is 37.1. The van der Waals surface area contributed by atoms with Crippen molar-refractivity contribution in [2.75, 3.05) is 0 Å². The van der Waals surface area contributed by atoms with Crippen molar-refractivity contribution in [1.29, 1.82) is 0 Å². The van der Waals surface area contributed by atoms with E-state index in [0.29, 0.717) is 0 Å². The number of rotatable bonds is 26. The lowest BCUT2D eigenvalue weighted by Gasteiger charge is -2.20. The molecule has 0 saturated heterocycles. The molecule has 0 aliphatic heterocycles. The molecule has 0 fully saturated rings. The van der Waals surface area contributed by atoms with Crippen LogP contribution < -0.4 is 0 Å². The second kappa shape index (κ2) is 27.2. The van der Waals surface area contributed by atoms with Crippen molar-refractivity contribution in [3.05, 3.63) is 12.2 Å². The molecule has 0 aromatic heterocycles. The van der Waals surface area contributed by atoms with E-state index in [1.165, 1.54) is 141 Å². The van der Waals surface area contributed by atoms with Crippen LogP contribution in [0.1, 0.15) is 169 Å². The first-order valence-corrected chi connectivity index (χ1v) is 17.7. The maximum Gasteiger partial charge on any atom is 0.0437 e. The fourth-order valence-electron chi connectivity index (χ4n) is 5.08. The molecule has 0 heterocycles. The maximum atomic E-state index is 2.65. The van der Waals surface area contributed by atoms with Crippen LogP contribution in [0.3, 0.4) is 0 Å². The molecular formula is C31H64Si. The molecule has 0 N–H and O–H groups in total. The molecule has 0 aromatic rings. The lowest BCUT2D eigenvalue weighted by molar-refractivity contribution is 0.580. The Morgan fingerprint density at radius 1 is 0.469 bits per heavy atom. The van der Waals surface area contributed by atoms with Crippen molar-refractivity contribution in [1.82, 2.24) is 0 Å². The molecule has 192 valence electrons. The van der Waals surface area contributed by atoms with Gasteiger partial charge >= 0.3 is 0 Å². The Hall–Kier alpha value is -0.0431. The Bertz CT molecular complexity index is 341. The van der Waals surface area contributed by atoms with E-state index in [2.05, 4.69) is 39.8 Å². The first-order valence-electron chi connectivity index (χ1n) is 15.4. The van der Waals surface area contributed by atoms with Crippen LogP contribution >= 0.6 is 0 Å². The van der Waals surface area contributed by atoms with E-state index < -0.39 is 8.80 Å². The highest BCUT2D eigenvalue weighted by atomic mass is 28.3. The minimum atomic E-state index is -0.625. The van der Waals surface area contributed by atoms with Gasteiger partial charge in [0.15, 0.2) is 0 Å². The molecule has 0 radical (unpaired) electrons. The molecule has 0 amide bonds. The Labute approximate surface area is 207 Å². The average molecular weight is 465 g/mol. The van der Waals surface area contributed by atoms with E-state index in [9.17, 15) is 0 Å². The van der Waals surface area contributed by atoms with Gasteiger partial charge in [0, 0.05) is 8.80 Å². The maximum absolute atomic E-state index is 2.65. The molecule has 1 unspecified atom stereocenters. The van der Waals surface area contributed by atoms with Gasteiger partial charge in [-0.3, -0.25) is 0 Å². The summed E-state index contributed by atoms with van der Waals surface area (Å²) in [6, 6.07) is 3.21. The van der Waals surface area contributed by atoms with E-state index in [0.717, 1.165) is 5.54 Å². The summed E-state index contributed by atoms with van der Waals surface area (Å²) in [5.41, 5.74) is 0.916. The highest BCUT2D eigenvalue weighted by molar-refractivity contribution is 6.60. The van der Waals surface area contributed by atoms with Crippen molar-refractivity contribution in [2.24, 2.45) is 0 Å². The number of allylic oxidation sites excluding steroid dienone is 2. The fourth-order valence-corrected chi connectivity index (χ4v) is 8.52. The van der Waals surface area contributed by atoms with Crippen LogP contribution in [0.5, 0.6) is 0 Å². The topological polar surface area (TPSA) is 0 Å². The van der Waals surface area contributed by atoms with Gasteiger partial charge in [-0.05, 0) is 18.4 Å². The van der Waals surface area contributed by atoms with Gasteiger partial charge in [0.1, 0.15) is 0 Å². The summed E-state index contributed by atoms with van der Waals surface area (Å²) >= 11 is 0. The molecule has 1 atom stereocenters.